The Morgan fingerprint density at radius 2 is 2.13 bits per heavy atom. The second-order valence-corrected chi connectivity index (χ2v) is 2.90. The van der Waals surface area contributed by atoms with Crippen LogP contribution in [0.25, 0.3) is 0 Å². The van der Waals surface area contributed by atoms with E-state index in [1.165, 1.54) is 6.92 Å². The van der Waals surface area contributed by atoms with Crippen molar-refractivity contribution in [3.8, 4) is 18.1 Å². The molecular formula is C12H12O3. The van der Waals surface area contributed by atoms with E-state index >= 15 is 0 Å². The second kappa shape index (κ2) is 5.06. The van der Waals surface area contributed by atoms with E-state index in [1.54, 1.807) is 19.2 Å². The van der Waals surface area contributed by atoms with Crippen LogP contribution in [0.4, 0.5) is 0 Å². The number of hydrogen-bond acceptors (Lipinski definition) is 3. The molecular weight excluding hydrogens is 192 g/mol. The molecule has 0 saturated carbocycles. The van der Waals surface area contributed by atoms with Gasteiger partial charge in [0, 0.05) is 12.5 Å². The van der Waals surface area contributed by atoms with E-state index in [2.05, 4.69) is 5.92 Å². The van der Waals surface area contributed by atoms with Crippen molar-refractivity contribution in [2.75, 3.05) is 7.11 Å². The van der Waals surface area contributed by atoms with Gasteiger partial charge in [-0.1, -0.05) is 24.1 Å². The maximum absolute atomic E-state index is 10.8. The largest absolute Gasteiger partial charge is 0.496 e. The van der Waals surface area contributed by atoms with E-state index in [9.17, 15) is 4.79 Å². The van der Waals surface area contributed by atoms with Crippen molar-refractivity contribution in [3.05, 3.63) is 29.8 Å². The quantitative estimate of drug-likeness (QED) is 0.557. The minimum atomic E-state index is -0.696. The third kappa shape index (κ3) is 2.75. The first-order valence-electron chi connectivity index (χ1n) is 4.45. The van der Waals surface area contributed by atoms with Crippen LogP contribution in [0.15, 0.2) is 24.3 Å². The predicted molar refractivity (Wildman–Crippen MR) is 56.3 cm³/mol. The number of para-hydroxylation sites is 1. The third-order valence-corrected chi connectivity index (χ3v) is 1.86. The van der Waals surface area contributed by atoms with E-state index < -0.39 is 12.1 Å². The van der Waals surface area contributed by atoms with Gasteiger partial charge in [-0.15, -0.1) is 6.42 Å². The fraction of sp³-hybridized carbons (Fsp3) is 0.250. The van der Waals surface area contributed by atoms with E-state index in [-0.39, 0.29) is 0 Å². The molecule has 0 heterocycles. The summed E-state index contributed by atoms with van der Waals surface area (Å²) in [4.78, 5) is 10.8. The fourth-order valence-electron chi connectivity index (χ4n) is 1.24. The summed E-state index contributed by atoms with van der Waals surface area (Å²) in [6.07, 6.45) is 4.60. The van der Waals surface area contributed by atoms with Crippen LogP contribution >= 0.6 is 0 Å². The van der Waals surface area contributed by atoms with Crippen LogP contribution in [0, 0.1) is 12.3 Å². The zero-order valence-corrected chi connectivity index (χ0v) is 8.69. The van der Waals surface area contributed by atoms with Gasteiger partial charge in [0.25, 0.3) is 0 Å². The molecule has 0 fully saturated rings. The molecule has 1 rings (SSSR count). The minimum Gasteiger partial charge on any atom is -0.496 e. The van der Waals surface area contributed by atoms with Gasteiger partial charge in [-0.05, 0) is 6.07 Å². The molecule has 0 spiro atoms. The van der Waals surface area contributed by atoms with E-state index in [0.717, 1.165) is 0 Å². The van der Waals surface area contributed by atoms with Gasteiger partial charge in [0.2, 0.25) is 0 Å². The van der Waals surface area contributed by atoms with Crippen LogP contribution in [0.5, 0.6) is 5.75 Å². The highest BCUT2D eigenvalue weighted by Gasteiger charge is 2.15. The summed E-state index contributed by atoms with van der Waals surface area (Å²) >= 11 is 0. The molecule has 15 heavy (non-hydrogen) atoms. The monoisotopic (exact) mass is 204 g/mol. The summed E-state index contributed by atoms with van der Waals surface area (Å²) in [5.74, 6) is 2.60. The first kappa shape index (κ1) is 11.1. The Morgan fingerprint density at radius 3 is 2.67 bits per heavy atom. The number of ether oxygens (including phenoxy) is 2. The molecule has 0 aromatic heterocycles. The number of rotatable bonds is 3. The molecule has 0 amide bonds. The maximum atomic E-state index is 10.8. The Balaban J connectivity index is 3.02. The molecule has 78 valence electrons. The Hall–Kier alpha value is -1.95. The zero-order valence-electron chi connectivity index (χ0n) is 8.69. The SMILES string of the molecule is C#C[C@@H](OC(C)=O)c1ccccc1OC. The number of carbonyl (C=O) groups is 1. The van der Waals surface area contributed by atoms with Crippen molar-refractivity contribution in [2.45, 2.75) is 13.0 Å². The lowest BCUT2D eigenvalue weighted by Crippen LogP contribution is -2.07. The van der Waals surface area contributed by atoms with Gasteiger partial charge < -0.3 is 9.47 Å². The fourth-order valence-corrected chi connectivity index (χ4v) is 1.24. The predicted octanol–water partition coefficient (Wildman–Crippen LogP) is 1.93. The summed E-state index contributed by atoms with van der Waals surface area (Å²) in [5, 5.41) is 0. The molecule has 0 bridgehead atoms. The molecule has 0 saturated heterocycles. The van der Waals surface area contributed by atoms with E-state index in [1.807, 2.05) is 12.1 Å². The number of hydrogen-bond donors (Lipinski definition) is 0. The summed E-state index contributed by atoms with van der Waals surface area (Å²) in [5.41, 5.74) is 0.678. The summed E-state index contributed by atoms with van der Waals surface area (Å²) in [7, 11) is 1.54. The van der Waals surface area contributed by atoms with Gasteiger partial charge in [-0.2, -0.15) is 0 Å². The molecule has 0 unspecified atom stereocenters. The number of carbonyl (C=O) groups excluding carboxylic acids is 1. The summed E-state index contributed by atoms with van der Waals surface area (Å²) in [6.45, 7) is 1.32. The lowest BCUT2D eigenvalue weighted by Gasteiger charge is -2.14. The first-order chi connectivity index (χ1) is 7.19. The van der Waals surface area contributed by atoms with Gasteiger partial charge in [-0.25, -0.2) is 0 Å². The smallest absolute Gasteiger partial charge is 0.304 e. The zero-order chi connectivity index (χ0) is 11.3. The normalized spacial score (nSPS) is 11.3. The van der Waals surface area contributed by atoms with Crippen molar-refractivity contribution in [1.29, 1.82) is 0 Å². The molecule has 1 atom stereocenters. The number of terminal acetylenes is 1. The van der Waals surface area contributed by atoms with E-state index in [0.29, 0.717) is 11.3 Å². The highest BCUT2D eigenvalue weighted by molar-refractivity contribution is 5.67. The van der Waals surface area contributed by atoms with Crippen molar-refractivity contribution >= 4 is 5.97 Å². The summed E-state index contributed by atoms with van der Waals surface area (Å²) in [6, 6.07) is 7.17. The number of benzene rings is 1. The molecule has 0 aliphatic rings. The van der Waals surface area contributed by atoms with Crippen molar-refractivity contribution in [2.24, 2.45) is 0 Å². The number of esters is 1. The average Bonchev–Trinajstić information content (AvgIpc) is 2.25. The molecule has 0 N–H and O–H groups in total. The Kier molecular flexibility index (Phi) is 3.75. The molecule has 3 nitrogen and oxygen atoms in total. The van der Waals surface area contributed by atoms with Gasteiger partial charge >= 0.3 is 5.97 Å². The van der Waals surface area contributed by atoms with Gasteiger partial charge in [0.15, 0.2) is 6.10 Å². The van der Waals surface area contributed by atoms with Crippen LogP contribution in [-0.2, 0) is 9.53 Å². The maximum Gasteiger partial charge on any atom is 0.304 e. The second-order valence-electron chi connectivity index (χ2n) is 2.90. The van der Waals surface area contributed by atoms with Crippen molar-refractivity contribution < 1.29 is 14.3 Å². The molecule has 0 aliphatic carbocycles. The minimum absolute atomic E-state index is 0.413. The van der Waals surface area contributed by atoms with Gasteiger partial charge in [0.05, 0.1) is 7.11 Å². The van der Waals surface area contributed by atoms with Crippen LogP contribution < -0.4 is 4.74 Å². The van der Waals surface area contributed by atoms with Crippen LogP contribution in [0.2, 0.25) is 0 Å². The number of methoxy groups -OCH3 is 1. The average molecular weight is 204 g/mol. The van der Waals surface area contributed by atoms with Crippen LogP contribution in [0.1, 0.15) is 18.6 Å². The lowest BCUT2D eigenvalue weighted by atomic mass is 10.1. The van der Waals surface area contributed by atoms with Gasteiger partial charge in [-0.3, -0.25) is 4.79 Å². The summed E-state index contributed by atoms with van der Waals surface area (Å²) < 4.78 is 10.1. The molecule has 0 aliphatic heterocycles. The Labute approximate surface area is 89.0 Å². The topological polar surface area (TPSA) is 35.5 Å². The van der Waals surface area contributed by atoms with Crippen LogP contribution in [0.3, 0.4) is 0 Å². The molecule has 1 aromatic rings. The van der Waals surface area contributed by atoms with Gasteiger partial charge in [0.1, 0.15) is 5.75 Å². The Bertz CT molecular complexity index is 390. The van der Waals surface area contributed by atoms with Crippen LogP contribution in [-0.4, -0.2) is 13.1 Å². The molecule has 0 radical (unpaired) electrons. The van der Waals surface area contributed by atoms with Crippen molar-refractivity contribution in [3.63, 3.8) is 0 Å². The standard InChI is InChI=1S/C12H12O3/c1-4-11(15-9(2)13)10-7-5-6-8-12(10)14-3/h1,5-8,11H,2-3H3/t11-/m1/s1. The third-order valence-electron chi connectivity index (χ3n) is 1.86. The highest BCUT2D eigenvalue weighted by atomic mass is 16.5. The molecule has 3 heteroatoms. The van der Waals surface area contributed by atoms with E-state index in [4.69, 9.17) is 15.9 Å². The molecule has 1 aromatic carbocycles. The Morgan fingerprint density at radius 1 is 1.47 bits per heavy atom. The highest BCUT2D eigenvalue weighted by Crippen LogP contribution is 2.26. The lowest BCUT2D eigenvalue weighted by molar-refractivity contribution is -0.144. The first-order valence-corrected chi connectivity index (χ1v) is 4.45. The van der Waals surface area contributed by atoms with Crippen molar-refractivity contribution in [1.82, 2.24) is 0 Å².